The lowest BCUT2D eigenvalue weighted by atomic mass is 10.1. The van der Waals surface area contributed by atoms with Crippen LogP contribution in [0.2, 0.25) is 0 Å². The van der Waals surface area contributed by atoms with Crippen LogP contribution in [0.1, 0.15) is 25.0 Å². The normalized spacial score (nSPS) is 11.8. The maximum atomic E-state index is 5.84. The largest absolute Gasteiger partial charge is 0.493 e. The summed E-state index contributed by atoms with van der Waals surface area (Å²) < 4.78 is 22.2. The number of hydrogen-bond acceptors (Lipinski definition) is 5. The van der Waals surface area contributed by atoms with Gasteiger partial charge >= 0.3 is 0 Å². The summed E-state index contributed by atoms with van der Waals surface area (Å²) in [5.41, 5.74) is 2.10. The topological polar surface area (TPSA) is 73.3 Å². The Kier molecular flexibility index (Phi) is 13.5. The predicted octanol–water partition coefficient (Wildman–Crippen LogP) is 4.24. The summed E-state index contributed by atoms with van der Waals surface area (Å²) in [4.78, 5) is 4.70. The predicted molar refractivity (Wildman–Crippen MR) is 140 cm³/mol. The molecule has 2 rings (SSSR count). The fraction of sp³-hybridized carbons (Fsp3) is 0.458. The smallest absolute Gasteiger partial charge is 0.203 e. The zero-order valence-corrected chi connectivity index (χ0v) is 22.0. The van der Waals surface area contributed by atoms with Gasteiger partial charge in [0.05, 0.1) is 41.1 Å². The van der Waals surface area contributed by atoms with Gasteiger partial charge in [0.1, 0.15) is 0 Å². The van der Waals surface area contributed by atoms with Gasteiger partial charge in [0.15, 0.2) is 17.5 Å². The molecule has 0 aliphatic carbocycles. The Labute approximate surface area is 208 Å². The molecule has 0 fully saturated rings. The van der Waals surface area contributed by atoms with Gasteiger partial charge in [-0.1, -0.05) is 37.3 Å². The van der Waals surface area contributed by atoms with E-state index in [1.807, 2.05) is 37.3 Å². The Bertz CT molecular complexity index is 818. The molecule has 0 saturated heterocycles. The molecule has 1 atom stereocenters. The van der Waals surface area contributed by atoms with Crippen LogP contribution >= 0.6 is 24.0 Å². The third-order valence-corrected chi connectivity index (χ3v) is 4.67. The highest BCUT2D eigenvalue weighted by atomic mass is 127. The van der Waals surface area contributed by atoms with E-state index in [1.165, 1.54) is 5.56 Å². The summed E-state index contributed by atoms with van der Waals surface area (Å²) in [5.74, 6) is 2.91. The van der Waals surface area contributed by atoms with Crippen LogP contribution in [0.5, 0.6) is 17.2 Å². The molecule has 2 aromatic carbocycles. The molecule has 32 heavy (non-hydrogen) atoms. The molecule has 0 aromatic heterocycles. The average molecular weight is 557 g/mol. The molecule has 2 aromatic rings. The minimum atomic E-state index is 0. The second-order valence-corrected chi connectivity index (χ2v) is 7.18. The van der Waals surface area contributed by atoms with Gasteiger partial charge in [-0.2, -0.15) is 0 Å². The van der Waals surface area contributed by atoms with Crippen molar-refractivity contribution in [2.75, 3.05) is 41.0 Å². The number of rotatable bonds is 12. The van der Waals surface area contributed by atoms with E-state index in [9.17, 15) is 0 Å². The van der Waals surface area contributed by atoms with Crippen LogP contribution in [0.15, 0.2) is 47.5 Å². The molecule has 0 amide bonds. The lowest BCUT2D eigenvalue weighted by molar-refractivity contribution is 0.0931. The third-order valence-electron chi connectivity index (χ3n) is 4.67. The van der Waals surface area contributed by atoms with E-state index in [1.54, 1.807) is 21.3 Å². The van der Waals surface area contributed by atoms with Crippen molar-refractivity contribution in [2.45, 2.75) is 27.0 Å². The maximum absolute atomic E-state index is 5.84. The molecule has 0 aliphatic rings. The van der Waals surface area contributed by atoms with Crippen LogP contribution in [0.25, 0.3) is 0 Å². The molecule has 0 saturated carbocycles. The average Bonchev–Trinajstić information content (AvgIpc) is 2.80. The Morgan fingerprint density at radius 3 is 2.28 bits per heavy atom. The van der Waals surface area contributed by atoms with E-state index in [4.69, 9.17) is 23.9 Å². The monoisotopic (exact) mass is 557 g/mol. The number of benzene rings is 2. The summed E-state index contributed by atoms with van der Waals surface area (Å²) in [5, 5.41) is 6.67. The Balaban J connectivity index is 0.00000512. The molecule has 0 heterocycles. The molecule has 0 spiro atoms. The van der Waals surface area contributed by atoms with Crippen molar-refractivity contribution in [3.63, 3.8) is 0 Å². The molecule has 8 heteroatoms. The number of hydrogen-bond donors (Lipinski definition) is 2. The highest BCUT2D eigenvalue weighted by molar-refractivity contribution is 14.0. The van der Waals surface area contributed by atoms with Crippen LogP contribution in [-0.4, -0.2) is 47.0 Å². The number of halogens is 1. The number of ether oxygens (including phenoxy) is 4. The van der Waals surface area contributed by atoms with E-state index >= 15 is 0 Å². The van der Waals surface area contributed by atoms with Crippen LogP contribution in [0, 0.1) is 5.92 Å². The number of nitrogens with one attached hydrogen (secondary N) is 2. The lowest BCUT2D eigenvalue weighted by Crippen LogP contribution is -2.40. The van der Waals surface area contributed by atoms with Crippen LogP contribution in [-0.2, 0) is 17.9 Å². The Hall–Kier alpha value is -2.20. The standard InChI is InChI=1S/C24H35N3O4.HI/c1-6-25-24(26-14-18(2)16-31-17-19-10-8-7-9-11-19)27-15-20-12-13-21(28-3)23(30-5)22(20)29-4;/h7-13,18H,6,14-17H2,1-5H3,(H2,25,26,27);1H. The number of methoxy groups -OCH3 is 3. The fourth-order valence-electron chi connectivity index (χ4n) is 3.08. The molecule has 0 radical (unpaired) electrons. The molecular formula is C24H36IN3O4. The lowest BCUT2D eigenvalue weighted by Gasteiger charge is -2.17. The quantitative estimate of drug-likeness (QED) is 0.231. The van der Waals surface area contributed by atoms with Crippen molar-refractivity contribution in [3.8, 4) is 17.2 Å². The first-order valence-corrected chi connectivity index (χ1v) is 10.5. The van der Waals surface area contributed by atoms with E-state index in [2.05, 4.69) is 29.7 Å². The minimum Gasteiger partial charge on any atom is -0.493 e. The van der Waals surface area contributed by atoms with Crippen LogP contribution in [0.4, 0.5) is 0 Å². The molecule has 7 nitrogen and oxygen atoms in total. The summed E-state index contributed by atoms with van der Waals surface area (Å²) in [6.45, 7) is 7.46. The van der Waals surface area contributed by atoms with Gasteiger partial charge in [-0.05, 0) is 30.5 Å². The summed E-state index contributed by atoms with van der Waals surface area (Å²) in [6.07, 6.45) is 0. The Morgan fingerprint density at radius 2 is 1.66 bits per heavy atom. The van der Waals surface area contributed by atoms with Gasteiger partial charge in [0, 0.05) is 18.7 Å². The highest BCUT2D eigenvalue weighted by Gasteiger charge is 2.15. The van der Waals surface area contributed by atoms with Gasteiger partial charge in [-0.25, -0.2) is 4.99 Å². The van der Waals surface area contributed by atoms with E-state index in [0.717, 1.165) is 24.6 Å². The van der Waals surface area contributed by atoms with Crippen LogP contribution < -0.4 is 24.8 Å². The van der Waals surface area contributed by atoms with Crippen molar-refractivity contribution < 1.29 is 18.9 Å². The van der Waals surface area contributed by atoms with E-state index in [0.29, 0.717) is 42.9 Å². The second kappa shape index (κ2) is 15.6. The van der Waals surface area contributed by atoms with Gasteiger partial charge in [0.25, 0.3) is 0 Å². The zero-order chi connectivity index (χ0) is 22.5. The summed E-state index contributed by atoms with van der Waals surface area (Å²) >= 11 is 0. The first-order valence-electron chi connectivity index (χ1n) is 10.5. The molecular weight excluding hydrogens is 521 g/mol. The first kappa shape index (κ1) is 27.8. The van der Waals surface area contributed by atoms with Crippen molar-refractivity contribution in [1.82, 2.24) is 10.6 Å². The third kappa shape index (κ3) is 8.74. The van der Waals surface area contributed by atoms with Crippen molar-refractivity contribution in [2.24, 2.45) is 10.9 Å². The second-order valence-electron chi connectivity index (χ2n) is 7.18. The Morgan fingerprint density at radius 1 is 0.938 bits per heavy atom. The SMILES string of the molecule is CCNC(=NCc1ccc(OC)c(OC)c1OC)NCC(C)COCc1ccccc1.I. The molecule has 1 unspecified atom stereocenters. The van der Waals surface area contributed by atoms with E-state index in [-0.39, 0.29) is 24.0 Å². The number of nitrogens with zero attached hydrogens (tertiary/aromatic N) is 1. The zero-order valence-electron chi connectivity index (χ0n) is 19.6. The number of guanidine groups is 1. The van der Waals surface area contributed by atoms with Crippen molar-refractivity contribution in [3.05, 3.63) is 53.6 Å². The molecule has 178 valence electrons. The van der Waals surface area contributed by atoms with Crippen molar-refractivity contribution in [1.29, 1.82) is 0 Å². The van der Waals surface area contributed by atoms with Gasteiger partial charge in [-0.3, -0.25) is 0 Å². The molecule has 0 aliphatic heterocycles. The van der Waals surface area contributed by atoms with Gasteiger partial charge in [-0.15, -0.1) is 24.0 Å². The first-order chi connectivity index (χ1) is 15.1. The maximum Gasteiger partial charge on any atom is 0.203 e. The molecule has 2 N–H and O–H groups in total. The number of aliphatic imine (C=N–C) groups is 1. The minimum absolute atomic E-state index is 0. The molecule has 0 bridgehead atoms. The van der Waals surface area contributed by atoms with Gasteiger partial charge < -0.3 is 29.6 Å². The summed E-state index contributed by atoms with van der Waals surface area (Å²) in [7, 11) is 4.82. The summed E-state index contributed by atoms with van der Waals surface area (Å²) in [6, 6.07) is 14.0. The van der Waals surface area contributed by atoms with E-state index < -0.39 is 0 Å². The highest BCUT2D eigenvalue weighted by Crippen LogP contribution is 2.39. The van der Waals surface area contributed by atoms with Crippen LogP contribution in [0.3, 0.4) is 0 Å². The van der Waals surface area contributed by atoms with Crippen molar-refractivity contribution >= 4 is 29.9 Å². The van der Waals surface area contributed by atoms with Gasteiger partial charge in [0.2, 0.25) is 5.75 Å². The fourth-order valence-corrected chi connectivity index (χ4v) is 3.08.